The number of carboxylic acids is 2. The number of rotatable bonds is 17. The van der Waals surface area contributed by atoms with Crippen LogP contribution in [0.1, 0.15) is 25.7 Å². The first-order valence-electron chi connectivity index (χ1n) is 8.39. The zero-order valence-electron chi connectivity index (χ0n) is 15.8. The highest BCUT2D eigenvalue weighted by Gasteiger charge is 2.23. The first-order valence-corrected chi connectivity index (χ1v) is 13.8. The molecule has 0 saturated heterocycles. The monoisotopic (exact) mass is 474 g/mol. The van der Waals surface area contributed by atoms with Crippen LogP contribution in [0, 0.1) is 11.8 Å². The lowest BCUT2D eigenvalue weighted by molar-refractivity contribution is -0.152. The molecule has 2 atom stereocenters. The van der Waals surface area contributed by atoms with Crippen LogP contribution in [0.5, 0.6) is 0 Å². The van der Waals surface area contributed by atoms with E-state index in [2.05, 4.69) is 0 Å². The molecule has 0 heterocycles. The molecule has 0 aliphatic rings. The van der Waals surface area contributed by atoms with Crippen LogP contribution in [0.25, 0.3) is 0 Å². The Morgan fingerprint density at radius 2 is 1.11 bits per heavy atom. The highest BCUT2D eigenvalue weighted by Crippen LogP contribution is 2.23. The molecule has 0 amide bonds. The van der Waals surface area contributed by atoms with Crippen molar-refractivity contribution in [3.63, 3.8) is 0 Å². The molecule has 0 bridgehead atoms. The Labute approximate surface area is 180 Å². The molecule has 0 saturated carbocycles. The summed E-state index contributed by atoms with van der Waals surface area (Å²) in [4.78, 5) is 45.5. The lowest BCUT2D eigenvalue weighted by Crippen LogP contribution is -2.22. The Morgan fingerprint density at radius 3 is 1.39 bits per heavy atom. The van der Waals surface area contributed by atoms with E-state index in [1.807, 2.05) is 12.5 Å². The standard InChI is InChI=1S/C16H26O8S4/c1-25-27-9-11(15(19)20)7-13(17)23-5-3-4-6-24-14(18)8-12(16(21)22)10-28-26-2/h11-12H,3-10H2,1-2H3,(H,19,20)(H,21,22)/t11-,12-/m0/s1. The second kappa shape index (κ2) is 17.2. The van der Waals surface area contributed by atoms with Gasteiger partial charge in [0.1, 0.15) is 0 Å². The molecule has 0 aromatic heterocycles. The Balaban J connectivity index is 3.92. The van der Waals surface area contributed by atoms with E-state index < -0.39 is 35.7 Å². The van der Waals surface area contributed by atoms with Crippen molar-refractivity contribution in [2.45, 2.75) is 25.7 Å². The lowest BCUT2D eigenvalue weighted by Gasteiger charge is -2.12. The molecule has 0 aromatic carbocycles. The number of carboxylic acid groups (broad SMARTS) is 2. The van der Waals surface area contributed by atoms with Gasteiger partial charge in [-0.1, -0.05) is 43.2 Å². The van der Waals surface area contributed by atoms with Crippen LogP contribution in [0.4, 0.5) is 0 Å². The number of esters is 2. The van der Waals surface area contributed by atoms with E-state index in [4.69, 9.17) is 19.7 Å². The van der Waals surface area contributed by atoms with Crippen molar-refractivity contribution < 1.29 is 38.9 Å². The summed E-state index contributed by atoms with van der Waals surface area (Å²) in [7, 11) is 5.62. The maximum absolute atomic E-state index is 11.7. The summed E-state index contributed by atoms with van der Waals surface area (Å²) >= 11 is 0. The third-order valence-electron chi connectivity index (χ3n) is 3.36. The molecule has 0 rings (SSSR count). The first kappa shape index (κ1) is 27.3. The highest BCUT2D eigenvalue weighted by atomic mass is 33.1. The van der Waals surface area contributed by atoms with Gasteiger partial charge < -0.3 is 19.7 Å². The molecular weight excluding hydrogens is 448 g/mol. The van der Waals surface area contributed by atoms with Crippen molar-refractivity contribution in [3.8, 4) is 0 Å². The highest BCUT2D eigenvalue weighted by molar-refractivity contribution is 8.76. The SMILES string of the molecule is CSSC[C@H](CC(=O)OCCCCOC(=O)C[C@@H](CSSC)C(=O)O)C(=O)O. The van der Waals surface area contributed by atoms with Gasteiger partial charge in [0.05, 0.1) is 37.9 Å². The van der Waals surface area contributed by atoms with Crippen molar-refractivity contribution in [2.75, 3.05) is 37.2 Å². The number of hydrogen-bond acceptors (Lipinski definition) is 10. The normalized spacial score (nSPS) is 12.8. The van der Waals surface area contributed by atoms with E-state index in [0.29, 0.717) is 24.3 Å². The second-order valence-corrected chi connectivity index (χ2v) is 10.7. The topological polar surface area (TPSA) is 127 Å². The Hall–Kier alpha value is -0.720. The number of ether oxygens (including phenoxy) is 2. The number of carbonyl (C=O) groups excluding carboxylic acids is 2. The van der Waals surface area contributed by atoms with Gasteiger partial charge in [0.2, 0.25) is 0 Å². The van der Waals surface area contributed by atoms with Gasteiger partial charge in [-0.25, -0.2) is 0 Å². The molecule has 162 valence electrons. The number of unbranched alkanes of at least 4 members (excludes halogenated alkanes) is 1. The molecule has 0 spiro atoms. The van der Waals surface area contributed by atoms with Gasteiger partial charge in [-0.05, 0) is 25.4 Å². The fourth-order valence-corrected chi connectivity index (χ4v) is 4.76. The Kier molecular flexibility index (Phi) is 16.7. The second-order valence-electron chi connectivity index (χ2n) is 5.53. The van der Waals surface area contributed by atoms with Gasteiger partial charge >= 0.3 is 23.9 Å². The zero-order valence-corrected chi connectivity index (χ0v) is 19.1. The summed E-state index contributed by atoms with van der Waals surface area (Å²) in [5, 5.41) is 18.1. The van der Waals surface area contributed by atoms with Gasteiger partial charge in [-0.15, -0.1) is 0 Å². The van der Waals surface area contributed by atoms with E-state index in [1.54, 1.807) is 0 Å². The van der Waals surface area contributed by atoms with Gasteiger partial charge in [0, 0.05) is 11.5 Å². The van der Waals surface area contributed by atoms with Crippen LogP contribution in [0.3, 0.4) is 0 Å². The van der Waals surface area contributed by atoms with Crippen LogP contribution >= 0.6 is 43.2 Å². The van der Waals surface area contributed by atoms with E-state index in [9.17, 15) is 19.2 Å². The van der Waals surface area contributed by atoms with Crippen molar-refractivity contribution >= 4 is 67.1 Å². The predicted octanol–water partition coefficient (Wildman–Crippen LogP) is 3.06. The van der Waals surface area contributed by atoms with Gasteiger partial charge in [0.15, 0.2) is 0 Å². The molecule has 0 aliphatic heterocycles. The van der Waals surface area contributed by atoms with Gasteiger partial charge in [-0.3, -0.25) is 19.2 Å². The summed E-state index contributed by atoms with van der Waals surface area (Å²) in [6.45, 7) is 0.223. The third-order valence-corrected chi connectivity index (χ3v) is 7.14. The average molecular weight is 475 g/mol. The van der Waals surface area contributed by atoms with Crippen LogP contribution < -0.4 is 0 Å². The fraction of sp³-hybridized carbons (Fsp3) is 0.750. The van der Waals surface area contributed by atoms with Gasteiger partial charge in [-0.2, -0.15) is 0 Å². The number of carbonyl (C=O) groups is 4. The molecule has 8 nitrogen and oxygen atoms in total. The van der Waals surface area contributed by atoms with Crippen molar-refractivity contribution in [1.29, 1.82) is 0 Å². The number of hydrogen-bond donors (Lipinski definition) is 2. The minimum Gasteiger partial charge on any atom is -0.481 e. The fourth-order valence-electron chi connectivity index (χ4n) is 1.83. The van der Waals surface area contributed by atoms with Crippen LogP contribution in [-0.4, -0.2) is 71.3 Å². The molecular formula is C16H26O8S4. The summed E-state index contributed by atoms with van der Waals surface area (Å²) in [6, 6.07) is 0. The maximum Gasteiger partial charge on any atom is 0.307 e. The van der Waals surface area contributed by atoms with Crippen LogP contribution in [0.2, 0.25) is 0 Å². The lowest BCUT2D eigenvalue weighted by atomic mass is 10.1. The van der Waals surface area contributed by atoms with E-state index in [-0.39, 0.29) is 26.1 Å². The van der Waals surface area contributed by atoms with Crippen LogP contribution in [0.15, 0.2) is 0 Å². The van der Waals surface area contributed by atoms with E-state index in [1.165, 1.54) is 43.2 Å². The Morgan fingerprint density at radius 1 is 0.750 bits per heavy atom. The molecule has 2 N–H and O–H groups in total. The molecule has 0 unspecified atom stereocenters. The molecule has 12 heteroatoms. The summed E-state index contributed by atoms with van der Waals surface area (Å²) < 4.78 is 10.0. The molecule has 0 aromatic rings. The van der Waals surface area contributed by atoms with E-state index >= 15 is 0 Å². The molecule has 0 aliphatic carbocycles. The largest absolute Gasteiger partial charge is 0.481 e. The van der Waals surface area contributed by atoms with Gasteiger partial charge in [0.25, 0.3) is 0 Å². The summed E-state index contributed by atoms with van der Waals surface area (Å²) in [5.41, 5.74) is 0. The smallest absolute Gasteiger partial charge is 0.307 e. The van der Waals surface area contributed by atoms with Crippen LogP contribution in [-0.2, 0) is 28.7 Å². The molecule has 0 fully saturated rings. The minimum atomic E-state index is -1.03. The predicted molar refractivity (Wildman–Crippen MR) is 115 cm³/mol. The quantitative estimate of drug-likeness (QED) is 0.183. The van der Waals surface area contributed by atoms with Crippen molar-refractivity contribution in [3.05, 3.63) is 0 Å². The molecule has 0 radical (unpaired) electrons. The van der Waals surface area contributed by atoms with Crippen molar-refractivity contribution in [1.82, 2.24) is 0 Å². The minimum absolute atomic E-state index is 0.112. The molecule has 28 heavy (non-hydrogen) atoms. The summed E-state index contributed by atoms with van der Waals surface area (Å²) in [6.07, 6.45) is 4.23. The third kappa shape index (κ3) is 14.3. The number of aliphatic carboxylic acids is 2. The Bertz CT molecular complexity index is 459. The zero-order chi connectivity index (χ0) is 21.4. The summed E-state index contributed by atoms with van der Waals surface area (Å²) in [5.74, 6) is -4.09. The average Bonchev–Trinajstić information content (AvgIpc) is 2.64. The first-order chi connectivity index (χ1) is 13.3. The van der Waals surface area contributed by atoms with E-state index in [0.717, 1.165) is 0 Å². The van der Waals surface area contributed by atoms with Crippen molar-refractivity contribution in [2.24, 2.45) is 11.8 Å². The maximum atomic E-state index is 11.7.